The first kappa shape index (κ1) is 11.2. The van der Waals surface area contributed by atoms with Gasteiger partial charge in [0.1, 0.15) is 0 Å². The van der Waals surface area contributed by atoms with Gasteiger partial charge in [-0.1, -0.05) is 24.3 Å². The lowest BCUT2D eigenvalue weighted by Crippen LogP contribution is -2.30. The van der Waals surface area contributed by atoms with E-state index in [0.717, 1.165) is 6.08 Å². The van der Waals surface area contributed by atoms with E-state index < -0.39 is 10.5 Å². The van der Waals surface area contributed by atoms with E-state index in [2.05, 4.69) is 15.9 Å². The van der Waals surface area contributed by atoms with Gasteiger partial charge in [-0.05, 0) is 22.0 Å². The Hall–Kier alpha value is -0.870. The summed E-state index contributed by atoms with van der Waals surface area (Å²) in [6.45, 7) is 0. The number of halogens is 1. The van der Waals surface area contributed by atoms with Gasteiger partial charge in [-0.3, -0.25) is 0 Å². The van der Waals surface area contributed by atoms with Crippen molar-refractivity contribution in [3.05, 3.63) is 36.5 Å². The molecule has 76 valence electrons. The maximum Gasteiger partial charge on any atom is 0.328 e. The number of aliphatic carboxylic acids is 1. The van der Waals surface area contributed by atoms with Crippen LogP contribution in [0.25, 0.3) is 0 Å². The van der Waals surface area contributed by atoms with Crippen molar-refractivity contribution in [1.29, 1.82) is 0 Å². The molecule has 0 saturated carbocycles. The minimum atomic E-state index is -0.959. The molecule has 0 radical (unpaired) electrons. The molecule has 1 rings (SSSR count). The Morgan fingerprint density at radius 1 is 1.64 bits per heavy atom. The van der Waals surface area contributed by atoms with Crippen LogP contribution in [0.2, 0.25) is 0 Å². The summed E-state index contributed by atoms with van der Waals surface area (Å²) in [5.41, 5.74) is 0. The lowest BCUT2D eigenvalue weighted by atomic mass is 9.97. The largest absolute Gasteiger partial charge is 0.478 e. The normalized spacial score (nSPS) is 31.1. The average molecular weight is 259 g/mol. The van der Waals surface area contributed by atoms with Crippen molar-refractivity contribution in [2.75, 3.05) is 7.11 Å². The van der Waals surface area contributed by atoms with E-state index in [1.165, 1.54) is 0 Å². The van der Waals surface area contributed by atoms with Gasteiger partial charge in [0.15, 0.2) is 4.51 Å². The molecule has 0 amide bonds. The van der Waals surface area contributed by atoms with E-state index >= 15 is 0 Å². The summed E-state index contributed by atoms with van der Waals surface area (Å²) in [6, 6.07) is 0. The molecule has 0 aliphatic heterocycles. The molecule has 0 aromatic rings. The maximum atomic E-state index is 10.4. The van der Waals surface area contributed by atoms with Crippen LogP contribution in [-0.2, 0) is 9.53 Å². The number of allylic oxidation sites excluding steroid dienone is 2. The molecule has 0 fully saturated rings. The molecule has 0 spiro atoms. The number of carboxylic acids is 1. The molecule has 1 aliphatic rings. The van der Waals surface area contributed by atoms with Gasteiger partial charge in [0.05, 0.1) is 0 Å². The van der Waals surface area contributed by atoms with Gasteiger partial charge in [0.25, 0.3) is 0 Å². The quantitative estimate of drug-likeness (QED) is 0.623. The summed E-state index contributed by atoms with van der Waals surface area (Å²) in [6.07, 6.45) is 10.1. The fourth-order valence-electron chi connectivity index (χ4n) is 1.20. The number of ether oxygens (including phenoxy) is 1. The number of methoxy groups -OCH3 is 1. The Balaban J connectivity index is 2.81. The molecular weight excluding hydrogens is 248 g/mol. The highest BCUT2D eigenvalue weighted by Gasteiger charge is 2.31. The van der Waals surface area contributed by atoms with Gasteiger partial charge < -0.3 is 9.84 Å². The van der Waals surface area contributed by atoms with Crippen LogP contribution in [0, 0.1) is 5.92 Å². The summed E-state index contributed by atoms with van der Waals surface area (Å²) in [4.78, 5) is 10.4. The average Bonchev–Trinajstić information content (AvgIpc) is 2.16. The zero-order valence-electron chi connectivity index (χ0n) is 7.68. The number of carboxylic acid groups (broad SMARTS) is 1. The molecule has 1 N–H and O–H groups in total. The zero-order valence-corrected chi connectivity index (χ0v) is 9.27. The first-order valence-electron chi connectivity index (χ1n) is 4.10. The van der Waals surface area contributed by atoms with Crippen molar-refractivity contribution >= 4 is 21.9 Å². The predicted octanol–water partition coefficient (Wildman–Crippen LogP) is 2.11. The molecule has 4 heteroatoms. The first-order valence-corrected chi connectivity index (χ1v) is 4.89. The van der Waals surface area contributed by atoms with Crippen molar-refractivity contribution in [3.63, 3.8) is 0 Å². The van der Waals surface area contributed by atoms with E-state index in [9.17, 15) is 4.79 Å². The second-order valence-corrected chi connectivity index (χ2v) is 4.11. The molecule has 3 nitrogen and oxygen atoms in total. The first-order chi connectivity index (χ1) is 6.58. The van der Waals surface area contributed by atoms with Crippen molar-refractivity contribution < 1.29 is 14.6 Å². The van der Waals surface area contributed by atoms with E-state index in [4.69, 9.17) is 9.84 Å². The summed E-state index contributed by atoms with van der Waals surface area (Å²) in [7, 11) is 1.57. The molecule has 1 aliphatic carbocycles. The van der Waals surface area contributed by atoms with E-state index in [0.29, 0.717) is 0 Å². The van der Waals surface area contributed by atoms with Crippen molar-refractivity contribution in [2.24, 2.45) is 5.92 Å². The van der Waals surface area contributed by atoms with Crippen molar-refractivity contribution in [2.45, 2.75) is 4.51 Å². The van der Waals surface area contributed by atoms with E-state index in [1.54, 1.807) is 13.2 Å². The molecule has 0 aromatic carbocycles. The van der Waals surface area contributed by atoms with Crippen LogP contribution < -0.4 is 0 Å². The highest BCUT2D eigenvalue weighted by molar-refractivity contribution is 9.10. The third-order valence-electron chi connectivity index (χ3n) is 1.97. The SMILES string of the molecule is COC1(Br)C=CC=CC1/C=C/C(=O)O. The van der Waals surface area contributed by atoms with E-state index in [1.807, 2.05) is 24.3 Å². The summed E-state index contributed by atoms with van der Waals surface area (Å²) in [5, 5.41) is 8.50. The van der Waals surface area contributed by atoms with Crippen LogP contribution >= 0.6 is 15.9 Å². The third-order valence-corrected chi connectivity index (χ3v) is 3.08. The Morgan fingerprint density at radius 2 is 2.36 bits per heavy atom. The number of rotatable bonds is 3. The van der Waals surface area contributed by atoms with Crippen LogP contribution in [0.5, 0.6) is 0 Å². The summed E-state index contributed by atoms with van der Waals surface area (Å²) >= 11 is 3.41. The van der Waals surface area contributed by atoms with Crippen LogP contribution in [0.1, 0.15) is 0 Å². The number of alkyl halides is 1. The second-order valence-electron chi connectivity index (χ2n) is 2.87. The Bertz CT molecular complexity index is 306. The standard InChI is InChI=1S/C10H11BrO3/c1-14-10(11)7-3-2-4-8(10)5-6-9(12)13/h2-8H,1H3,(H,12,13)/b6-5+. The van der Waals surface area contributed by atoms with Crippen LogP contribution in [0.3, 0.4) is 0 Å². The minimum Gasteiger partial charge on any atom is -0.478 e. The number of carbonyl (C=O) groups is 1. The number of hydrogen-bond donors (Lipinski definition) is 1. The number of hydrogen-bond acceptors (Lipinski definition) is 2. The lowest BCUT2D eigenvalue weighted by Gasteiger charge is -2.29. The van der Waals surface area contributed by atoms with Crippen LogP contribution in [0.4, 0.5) is 0 Å². The lowest BCUT2D eigenvalue weighted by molar-refractivity contribution is -0.131. The minimum absolute atomic E-state index is 0.117. The molecule has 0 heterocycles. The molecule has 0 saturated heterocycles. The smallest absolute Gasteiger partial charge is 0.328 e. The van der Waals surface area contributed by atoms with Gasteiger partial charge in [0, 0.05) is 19.1 Å². The predicted molar refractivity (Wildman–Crippen MR) is 57.2 cm³/mol. The van der Waals surface area contributed by atoms with Gasteiger partial charge in [-0.25, -0.2) is 4.79 Å². The van der Waals surface area contributed by atoms with Gasteiger partial charge >= 0.3 is 5.97 Å². The fraction of sp³-hybridized carbons (Fsp3) is 0.300. The topological polar surface area (TPSA) is 46.5 Å². The maximum absolute atomic E-state index is 10.4. The Morgan fingerprint density at radius 3 is 2.93 bits per heavy atom. The third kappa shape index (κ3) is 2.56. The van der Waals surface area contributed by atoms with Gasteiger partial charge in [0.2, 0.25) is 0 Å². The van der Waals surface area contributed by atoms with Crippen molar-refractivity contribution in [1.82, 2.24) is 0 Å². The monoisotopic (exact) mass is 258 g/mol. The highest BCUT2D eigenvalue weighted by atomic mass is 79.9. The Kier molecular flexibility index (Phi) is 3.66. The molecule has 14 heavy (non-hydrogen) atoms. The second kappa shape index (κ2) is 4.57. The summed E-state index contributed by atoms with van der Waals surface area (Å²) in [5.74, 6) is -1.08. The molecule has 2 atom stereocenters. The molecule has 0 bridgehead atoms. The van der Waals surface area contributed by atoms with Crippen molar-refractivity contribution in [3.8, 4) is 0 Å². The van der Waals surface area contributed by atoms with Gasteiger partial charge in [-0.2, -0.15) is 0 Å². The fourth-order valence-corrected chi connectivity index (χ4v) is 1.66. The van der Waals surface area contributed by atoms with Crippen LogP contribution in [0.15, 0.2) is 36.5 Å². The van der Waals surface area contributed by atoms with Gasteiger partial charge in [-0.15, -0.1) is 0 Å². The highest BCUT2D eigenvalue weighted by Crippen LogP contribution is 2.34. The van der Waals surface area contributed by atoms with E-state index in [-0.39, 0.29) is 5.92 Å². The summed E-state index contributed by atoms with van der Waals surface area (Å²) < 4.78 is 4.63. The zero-order chi connectivity index (χ0) is 10.6. The Labute approximate surface area is 90.9 Å². The molecule has 0 aromatic heterocycles. The molecular formula is C10H11BrO3. The molecule has 2 unspecified atom stereocenters. The van der Waals surface area contributed by atoms with Crippen LogP contribution in [-0.4, -0.2) is 22.7 Å².